The summed E-state index contributed by atoms with van der Waals surface area (Å²) in [5, 5.41) is 12.9. The molecule has 0 spiro atoms. The second-order valence-corrected chi connectivity index (χ2v) is 9.16. The van der Waals surface area contributed by atoms with Crippen molar-refractivity contribution in [1.82, 2.24) is 0 Å². The minimum atomic E-state index is -0.495. The Hall–Kier alpha value is -3.02. The van der Waals surface area contributed by atoms with Crippen molar-refractivity contribution >= 4 is 29.1 Å². The molecule has 1 fully saturated rings. The topological polar surface area (TPSA) is 61.8 Å². The number of ether oxygens (including phenoxy) is 1. The quantitative estimate of drug-likeness (QED) is 0.494. The standard InChI is InChI=1S/C27H27ClN2O3/c28-19-9-10-26(30-13-11-18(16-31)12-14-30)25(15-19)29-27(32)33-17-24-22-7-3-1-5-20(22)21-6-2-4-8-23(21)24/h1-10,15,18,24,31H,11-14,16-17H2,(H,29,32). The van der Waals surface area contributed by atoms with E-state index < -0.39 is 6.09 Å². The Morgan fingerprint density at radius 2 is 1.64 bits per heavy atom. The number of halogens is 1. The van der Waals surface area contributed by atoms with E-state index in [9.17, 15) is 9.90 Å². The molecule has 0 unspecified atom stereocenters. The molecule has 0 atom stereocenters. The maximum Gasteiger partial charge on any atom is 0.411 e. The number of aliphatic hydroxyl groups excluding tert-OH is 1. The van der Waals surface area contributed by atoms with E-state index in [1.807, 2.05) is 36.4 Å². The molecule has 3 aromatic rings. The van der Waals surface area contributed by atoms with Gasteiger partial charge in [-0.05, 0) is 59.2 Å². The van der Waals surface area contributed by atoms with E-state index in [0.717, 1.165) is 31.6 Å². The van der Waals surface area contributed by atoms with Crippen molar-refractivity contribution in [2.45, 2.75) is 18.8 Å². The van der Waals surface area contributed by atoms with Crippen LogP contribution in [0.4, 0.5) is 16.2 Å². The van der Waals surface area contributed by atoms with Crippen LogP contribution in [0.3, 0.4) is 0 Å². The fraction of sp³-hybridized carbons (Fsp3) is 0.296. The second kappa shape index (κ2) is 9.46. The Morgan fingerprint density at radius 1 is 1.00 bits per heavy atom. The van der Waals surface area contributed by atoms with Crippen LogP contribution in [0.15, 0.2) is 66.7 Å². The van der Waals surface area contributed by atoms with Gasteiger partial charge < -0.3 is 14.7 Å². The number of nitrogens with zero attached hydrogens (tertiary/aromatic N) is 1. The summed E-state index contributed by atoms with van der Waals surface area (Å²) in [6.07, 6.45) is 1.35. The van der Waals surface area contributed by atoms with Crippen LogP contribution in [0.5, 0.6) is 0 Å². The second-order valence-electron chi connectivity index (χ2n) is 8.73. The predicted molar refractivity (Wildman–Crippen MR) is 132 cm³/mol. The zero-order valence-corrected chi connectivity index (χ0v) is 19.1. The number of carbonyl (C=O) groups excluding carboxylic acids is 1. The molecular weight excluding hydrogens is 436 g/mol. The molecular formula is C27H27ClN2O3. The molecule has 0 saturated carbocycles. The lowest BCUT2D eigenvalue weighted by Gasteiger charge is -2.34. The molecule has 5 nitrogen and oxygen atoms in total. The molecule has 1 amide bonds. The smallest absolute Gasteiger partial charge is 0.411 e. The minimum absolute atomic E-state index is 0.0134. The van der Waals surface area contributed by atoms with Crippen LogP contribution in [0.1, 0.15) is 29.9 Å². The van der Waals surface area contributed by atoms with E-state index in [0.29, 0.717) is 16.6 Å². The van der Waals surface area contributed by atoms with E-state index in [-0.39, 0.29) is 19.1 Å². The van der Waals surface area contributed by atoms with E-state index in [1.54, 1.807) is 6.07 Å². The average Bonchev–Trinajstić information content (AvgIpc) is 3.17. The van der Waals surface area contributed by atoms with Crippen molar-refractivity contribution in [3.63, 3.8) is 0 Å². The molecule has 2 N–H and O–H groups in total. The largest absolute Gasteiger partial charge is 0.448 e. The van der Waals surface area contributed by atoms with Crippen LogP contribution in [0.2, 0.25) is 5.02 Å². The number of nitrogens with one attached hydrogen (secondary N) is 1. The fourth-order valence-electron chi connectivity index (χ4n) is 4.99. The third kappa shape index (κ3) is 4.43. The summed E-state index contributed by atoms with van der Waals surface area (Å²) >= 11 is 6.23. The number of anilines is 2. The molecule has 170 valence electrons. The van der Waals surface area contributed by atoms with Crippen molar-refractivity contribution in [1.29, 1.82) is 0 Å². The van der Waals surface area contributed by atoms with E-state index in [4.69, 9.17) is 16.3 Å². The molecule has 1 saturated heterocycles. The third-order valence-corrected chi connectivity index (χ3v) is 6.99. The van der Waals surface area contributed by atoms with Crippen molar-refractivity contribution in [3.05, 3.63) is 82.9 Å². The van der Waals surface area contributed by atoms with Crippen LogP contribution in [-0.2, 0) is 4.74 Å². The first-order valence-corrected chi connectivity index (χ1v) is 11.8. The maximum atomic E-state index is 12.8. The average molecular weight is 463 g/mol. The van der Waals surface area contributed by atoms with Crippen LogP contribution in [0, 0.1) is 5.92 Å². The molecule has 2 aliphatic rings. The van der Waals surface area contributed by atoms with Gasteiger partial charge in [0.25, 0.3) is 0 Å². The molecule has 6 heteroatoms. The van der Waals surface area contributed by atoms with Gasteiger partial charge in [-0.2, -0.15) is 0 Å². The van der Waals surface area contributed by atoms with Gasteiger partial charge in [-0.3, -0.25) is 5.32 Å². The number of rotatable bonds is 5. The monoisotopic (exact) mass is 462 g/mol. The molecule has 3 aromatic carbocycles. The van der Waals surface area contributed by atoms with E-state index in [2.05, 4.69) is 34.5 Å². The number of benzene rings is 3. The molecule has 33 heavy (non-hydrogen) atoms. The van der Waals surface area contributed by atoms with Gasteiger partial charge in [-0.15, -0.1) is 0 Å². The zero-order chi connectivity index (χ0) is 22.8. The third-order valence-electron chi connectivity index (χ3n) is 6.75. The predicted octanol–water partition coefficient (Wildman–Crippen LogP) is 5.91. The van der Waals surface area contributed by atoms with Crippen LogP contribution in [0.25, 0.3) is 11.1 Å². The highest BCUT2D eigenvalue weighted by molar-refractivity contribution is 6.31. The number of fused-ring (bicyclic) bond motifs is 3. The molecule has 0 aromatic heterocycles. The Bertz CT molecular complexity index is 1110. The van der Waals surface area contributed by atoms with E-state index in [1.165, 1.54) is 22.3 Å². The van der Waals surface area contributed by atoms with E-state index >= 15 is 0 Å². The Balaban J connectivity index is 1.29. The molecule has 5 rings (SSSR count). The van der Waals surface area contributed by atoms with Crippen molar-refractivity contribution in [2.24, 2.45) is 5.92 Å². The van der Waals surface area contributed by atoms with Gasteiger partial charge in [0.05, 0.1) is 11.4 Å². The summed E-state index contributed by atoms with van der Waals surface area (Å²) in [6.45, 7) is 2.13. The molecule has 0 bridgehead atoms. The van der Waals surface area contributed by atoms with Gasteiger partial charge in [0, 0.05) is 30.6 Å². The summed E-state index contributed by atoms with van der Waals surface area (Å²) in [5.74, 6) is 0.353. The first kappa shape index (κ1) is 21.8. The zero-order valence-electron chi connectivity index (χ0n) is 18.3. The van der Waals surface area contributed by atoms with Gasteiger partial charge in [-0.1, -0.05) is 60.1 Å². The lowest BCUT2D eigenvalue weighted by atomic mass is 9.97. The fourth-order valence-corrected chi connectivity index (χ4v) is 5.16. The summed E-state index contributed by atoms with van der Waals surface area (Å²) in [7, 11) is 0. The van der Waals surface area contributed by atoms with Gasteiger partial charge in [0.15, 0.2) is 0 Å². The number of aliphatic hydroxyl groups is 1. The summed E-state index contributed by atoms with van der Waals surface area (Å²) < 4.78 is 5.72. The van der Waals surface area contributed by atoms with Crippen molar-refractivity contribution in [3.8, 4) is 11.1 Å². The normalized spacial score (nSPS) is 15.8. The number of amides is 1. The summed E-state index contributed by atoms with van der Waals surface area (Å²) in [6, 6.07) is 22.1. The first-order chi connectivity index (χ1) is 16.1. The maximum absolute atomic E-state index is 12.8. The number of piperidine rings is 1. The number of hydrogen-bond acceptors (Lipinski definition) is 4. The number of carbonyl (C=O) groups is 1. The number of hydrogen-bond donors (Lipinski definition) is 2. The highest BCUT2D eigenvalue weighted by atomic mass is 35.5. The highest BCUT2D eigenvalue weighted by Gasteiger charge is 2.29. The SMILES string of the molecule is O=C(Nc1cc(Cl)ccc1N1CCC(CO)CC1)OCC1c2ccccc2-c2ccccc21. The van der Waals surface area contributed by atoms with Gasteiger partial charge >= 0.3 is 6.09 Å². The minimum Gasteiger partial charge on any atom is -0.448 e. The summed E-state index contributed by atoms with van der Waals surface area (Å²) in [4.78, 5) is 15.0. The van der Waals surface area contributed by atoms with Gasteiger partial charge in [-0.25, -0.2) is 4.79 Å². The lowest BCUT2D eigenvalue weighted by molar-refractivity contribution is 0.158. The summed E-state index contributed by atoms with van der Waals surface area (Å²) in [5.41, 5.74) is 6.32. The van der Waals surface area contributed by atoms with Crippen LogP contribution < -0.4 is 10.2 Å². The molecule has 0 radical (unpaired) electrons. The molecule has 1 aliphatic carbocycles. The van der Waals surface area contributed by atoms with Crippen LogP contribution >= 0.6 is 11.6 Å². The van der Waals surface area contributed by atoms with Crippen molar-refractivity contribution in [2.75, 3.05) is 36.5 Å². The van der Waals surface area contributed by atoms with Gasteiger partial charge in [0.1, 0.15) is 6.61 Å². The molecule has 1 heterocycles. The Labute approximate surface area is 199 Å². The Kier molecular flexibility index (Phi) is 6.25. The Morgan fingerprint density at radius 3 is 2.27 bits per heavy atom. The van der Waals surface area contributed by atoms with Crippen molar-refractivity contribution < 1.29 is 14.6 Å². The highest BCUT2D eigenvalue weighted by Crippen LogP contribution is 2.44. The van der Waals surface area contributed by atoms with Crippen LogP contribution in [-0.4, -0.2) is 37.5 Å². The first-order valence-electron chi connectivity index (χ1n) is 11.4. The lowest BCUT2D eigenvalue weighted by Crippen LogP contribution is -2.35. The molecule has 1 aliphatic heterocycles. The van der Waals surface area contributed by atoms with Gasteiger partial charge in [0.2, 0.25) is 0 Å².